The van der Waals surface area contributed by atoms with E-state index in [0.29, 0.717) is 37.2 Å². The number of morpholine rings is 1. The van der Waals surface area contributed by atoms with Gasteiger partial charge in [0.15, 0.2) is 5.82 Å². The van der Waals surface area contributed by atoms with Crippen LogP contribution in [-0.4, -0.2) is 50.9 Å². The third kappa shape index (κ3) is 3.48. The van der Waals surface area contributed by atoms with Gasteiger partial charge in [0.1, 0.15) is 11.7 Å². The van der Waals surface area contributed by atoms with Crippen LogP contribution in [0.15, 0.2) is 40.9 Å². The first-order valence-electron chi connectivity index (χ1n) is 8.96. The Bertz CT molecular complexity index is 918. The van der Waals surface area contributed by atoms with Crippen molar-refractivity contribution in [1.29, 1.82) is 0 Å². The molecule has 0 unspecified atom stereocenters. The second kappa shape index (κ2) is 7.32. The van der Waals surface area contributed by atoms with Gasteiger partial charge in [-0.25, -0.2) is 0 Å². The maximum atomic E-state index is 13.0. The van der Waals surface area contributed by atoms with Gasteiger partial charge in [-0.3, -0.25) is 9.89 Å². The molecule has 0 bridgehead atoms. The van der Waals surface area contributed by atoms with Crippen molar-refractivity contribution in [1.82, 2.24) is 25.2 Å². The number of aromatic amines is 1. The van der Waals surface area contributed by atoms with Gasteiger partial charge in [0.25, 0.3) is 11.8 Å². The van der Waals surface area contributed by atoms with Gasteiger partial charge in [-0.05, 0) is 24.1 Å². The fraction of sp³-hybridized carbons (Fsp3) is 0.368. The molecule has 1 amide bonds. The smallest absolute Gasteiger partial charge is 0.275 e. The van der Waals surface area contributed by atoms with Crippen LogP contribution in [0.3, 0.4) is 0 Å². The minimum atomic E-state index is -0.410. The van der Waals surface area contributed by atoms with Crippen molar-refractivity contribution < 1.29 is 14.1 Å². The number of ether oxygens (including phenoxy) is 1. The second-order valence-electron chi connectivity index (χ2n) is 6.78. The molecule has 1 aliphatic rings. The first-order valence-corrected chi connectivity index (χ1v) is 8.96. The maximum Gasteiger partial charge on any atom is 0.275 e. The van der Waals surface area contributed by atoms with E-state index in [9.17, 15) is 4.79 Å². The number of nitrogens with one attached hydrogen (secondary N) is 1. The molecule has 3 heterocycles. The van der Waals surface area contributed by atoms with Gasteiger partial charge >= 0.3 is 0 Å². The highest BCUT2D eigenvalue weighted by Crippen LogP contribution is 2.26. The van der Waals surface area contributed by atoms with Crippen molar-refractivity contribution in [2.45, 2.75) is 25.8 Å². The van der Waals surface area contributed by atoms with E-state index in [-0.39, 0.29) is 11.8 Å². The summed E-state index contributed by atoms with van der Waals surface area (Å²) in [7, 11) is 0. The number of H-pyrrole nitrogens is 1. The van der Waals surface area contributed by atoms with Crippen LogP contribution in [-0.2, 0) is 4.74 Å². The first-order chi connectivity index (χ1) is 13.1. The van der Waals surface area contributed by atoms with E-state index >= 15 is 0 Å². The van der Waals surface area contributed by atoms with Crippen molar-refractivity contribution in [2.75, 3.05) is 19.8 Å². The summed E-state index contributed by atoms with van der Waals surface area (Å²) >= 11 is 0. The van der Waals surface area contributed by atoms with Gasteiger partial charge < -0.3 is 14.2 Å². The number of carbonyl (C=O) groups excluding carboxylic acids is 1. The molecule has 0 spiro atoms. The van der Waals surface area contributed by atoms with E-state index in [1.54, 1.807) is 11.0 Å². The Labute approximate surface area is 156 Å². The Morgan fingerprint density at radius 2 is 2.11 bits per heavy atom. The number of aromatic nitrogens is 4. The predicted molar refractivity (Wildman–Crippen MR) is 97.0 cm³/mol. The lowest BCUT2D eigenvalue weighted by molar-refractivity contribution is -0.00607. The van der Waals surface area contributed by atoms with Crippen LogP contribution >= 0.6 is 0 Å². The Kier molecular flexibility index (Phi) is 4.72. The van der Waals surface area contributed by atoms with E-state index in [1.165, 1.54) is 0 Å². The monoisotopic (exact) mass is 367 g/mol. The number of amides is 1. The van der Waals surface area contributed by atoms with E-state index < -0.39 is 6.04 Å². The zero-order valence-electron chi connectivity index (χ0n) is 15.3. The molecule has 4 rings (SSSR count). The average Bonchev–Trinajstić information content (AvgIpc) is 3.38. The van der Waals surface area contributed by atoms with Crippen molar-refractivity contribution in [3.8, 4) is 11.5 Å². The van der Waals surface area contributed by atoms with Gasteiger partial charge in [-0.1, -0.05) is 37.2 Å². The summed E-state index contributed by atoms with van der Waals surface area (Å²) in [6.45, 7) is 5.32. The summed E-state index contributed by atoms with van der Waals surface area (Å²) in [4.78, 5) is 19.2. The standard InChI is InChI=1S/C19H21N5O3/c1-12(2)14-10-15(22-21-14)19(25)24-8-9-26-11-16(24)17-20-18(27-23-17)13-6-4-3-5-7-13/h3-7,10,12,16H,8-9,11H2,1-2H3,(H,21,22)/t16-/m1/s1. The Hall–Kier alpha value is -3.00. The third-order valence-corrected chi connectivity index (χ3v) is 4.59. The quantitative estimate of drug-likeness (QED) is 0.761. The lowest BCUT2D eigenvalue weighted by Crippen LogP contribution is -2.44. The first kappa shape index (κ1) is 17.4. The molecule has 1 saturated heterocycles. The molecule has 1 atom stereocenters. The summed E-state index contributed by atoms with van der Waals surface area (Å²) < 4.78 is 11.0. The van der Waals surface area contributed by atoms with E-state index in [4.69, 9.17) is 9.26 Å². The number of rotatable bonds is 4. The van der Waals surface area contributed by atoms with Gasteiger partial charge in [0.2, 0.25) is 0 Å². The summed E-state index contributed by atoms with van der Waals surface area (Å²) in [6, 6.07) is 10.9. The topological polar surface area (TPSA) is 97.1 Å². The molecule has 0 saturated carbocycles. The minimum Gasteiger partial charge on any atom is -0.377 e. The molecule has 1 N–H and O–H groups in total. The van der Waals surface area contributed by atoms with Crippen LogP contribution in [0, 0.1) is 0 Å². The van der Waals surface area contributed by atoms with Gasteiger partial charge in [-0.2, -0.15) is 10.1 Å². The zero-order valence-corrected chi connectivity index (χ0v) is 15.3. The van der Waals surface area contributed by atoms with Gasteiger partial charge in [0, 0.05) is 17.8 Å². The van der Waals surface area contributed by atoms with Crippen molar-refractivity contribution in [2.24, 2.45) is 0 Å². The molecule has 0 radical (unpaired) electrons. The molecule has 1 aromatic carbocycles. The molecule has 27 heavy (non-hydrogen) atoms. The summed E-state index contributed by atoms with van der Waals surface area (Å²) in [6.07, 6.45) is 0. The molecule has 8 heteroatoms. The number of hydrogen-bond donors (Lipinski definition) is 1. The number of nitrogens with zero attached hydrogens (tertiary/aromatic N) is 4. The largest absolute Gasteiger partial charge is 0.377 e. The van der Waals surface area contributed by atoms with E-state index in [2.05, 4.69) is 20.3 Å². The maximum absolute atomic E-state index is 13.0. The van der Waals surface area contributed by atoms with Crippen LogP contribution in [0.25, 0.3) is 11.5 Å². The van der Waals surface area contributed by atoms with Gasteiger partial charge in [0.05, 0.1) is 13.2 Å². The Morgan fingerprint density at radius 1 is 1.30 bits per heavy atom. The number of hydrogen-bond acceptors (Lipinski definition) is 6. The fourth-order valence-corrected chi connectivity index (χ4v) is 3.02. The lowest BCUT2D eigenvalue weighted by atomic mass is 10.1. The Morgan fingerprint density at radius 3 is 2.85 bits per heavy atom. The van der Waals surface area contributed by atoms with E-state index in [0.717, 1.165) is 11.3 Å². The zero-order chi connectivity index (χ0) is 18.8. The molecule has 140 valence electrons. The van der Waals surface area contributed by atoms with Crippen LogP contribution in [0.4, 0.5) is 0 Å². The molecule has 1 fully saturated rings. The molecule has 1 aliphatic heterocycles. The Balaban J connectivity index is 1.59. The number of carbonyl (C=O) groups is 1. The average molecular weight is 367 g/mol. The van der Waals surface area contributed by atoms with Crippen molar-refractivity contribution in [3.63, 3.8) is 0 Å². The molecule has 8 nitrogen and oxygen atoms in total. The third-order valence-electron chi connectivity index (χ3n) is 4.59. The van der Waals surface area contributed by atoms with Crippen LogP contribution in [0.5, 0.6) is 0 Å². The van der Waals surface area contributed by atoms with Gasteiger partial charge in [-0.15, -0.1) is 0 Å². The molecule has 2 aromatic heterocycles. The second-order valence-corrected chi connectivity index (χ2v) is 6.78. The molecular weight excluding hydrogens is 346 g/mol. The van der Waals surface area contributed by atoms with Crippen LogP contribution in [0.1, 0.15) is 47.8 Å². The lowest BCUT2D eigenvalue weighted by Gasteiger charge is -2.33. The normalized spacial score (nSPS) is 17.4. The number of benzene rings is 1. The molecule has 3 aromatic rings. The fourth-order valence-electron chi connectivity index (χ4n) is 3.02. The molecular formula is C19H21N5O3. The predicted octanol–water partition coefficient (Wildman–Crippen LogP) is 2.80. The minimum absolute atomic E-state index is 0.169. The van der Waals surface area contributed by atoms with Crippen LogP contribution in [0.2, 0.25) is 0 Å². The summed E-state index contributed by atoms with van der Waals surface area (Å²) in [5, 5.41) is 11.2. The summed E-state index contributed by atoms with van der Waals surface area (Å²) in [5.74, 6) is 0.953. The highest BCUT2D eigenvalue weighted by Gasteiger charge is 2.34. The summed E-state index contributed by atoms with van der Waals surface area (Å²) in [5.41, 5.74) is 2.14. The van der Waals surface area contributed by atoms with E-state index in [1.807, 2.05) is 44.2 Å². The highest BCUT2D eigenvalue weighted by molar-refractivity contribution is 5.92. The SMILES string of the molecule is CC(C)c1cc(C(=O)N2CCOC[C@@H]2c2noc(-c3ccccc3)n2)n[nH]1. The van der Waals surface area contributed by atoms with Crippen molar-refractivity contribution in [3.05, 3.63) is 53.6 Å². The molecule has 0 aliphatic carbocycles. The van der Waals surface area contributed by atoms with Crippen LogP contribution < -0.4 is 0 Å². The van der Waals surface area contributed by atoms with Crippen molar-refractivity contribution >= 4 is 5.91 Å². The highest BCUT2D eigenvalue weighted by atomic mass is 16.5.